The summed E-state index contributed by atoms with van der Waals surface area (Å²) in [5, 5.41) is 3.12. The van der Waals surface area contributed by atoms with Crippen molar-refractivity contribution < 1.29 is 9.59 Å². The first-order chi connectivity index (χ1) is 10.1. The van der Waals surface area contributed by atoms with Crippen LogP contribution in [0.15, 0.2) is 43.0 Å². The summed E-state index contributed by atoms with van der Waals surface area (Å²) >= 11 is 0. The highest BCUT2D eigenvalue weighted by molar-refractivity contribution is 5.97. The summed E-state index contributed by atoms with van der Waals surface area (Å²) in [5.41, 5.74) is 0.828. The third-order valence-corrected chi connectivity index (χ3v) is 3.63. The van der Waals surface area contributed by atoms with E-state index < -0.39 is 6.04 Å². The monoisotopic (exact) mass is 323 g/mol. The second-order valence-corrected chi connectivity index (χ2v) is 5.07. The lowest BCUT2D eigenvalue weighted by atomic mass is 10.1. The van der Waals surface area contributed by atoms with Gasteiger partial charge in [0.1, 0.15) is 0 Å². The number of amides is 2. The van der Waals surface area contributed by atoms with Crippen molar-refractivity contribution in [3.05, 3.63) is 43.0 Å². The third-order valence-electron chi connectivity index (χ3n) is 3.63. The molecule has 1 unspecified atom stereocenters. The van der Waals surface area contributed by atoms with Crippen LogP contribution in [0.4, 0.5) is 5.69 Å². The molecular weight excluding hydrogens is 302 g/mol. The normalized spacial score (nSPS) is 17.6. The first-order valence-electron chi connectivity index (χ1n) is 7.08. The van der Waals surface area contributed by atoms with Crippen molar-refractivity contribution in [2.45, 2.75) is 12.5 Å². The topological polar surface area (TPSA) is 52.7 Å². The van der Waals surface area contributed by atoms with Crippen molar-refractivity contribution in [2.24, 2.45) is 0 Å². The van der Waals surface area contributed by atoms with Gasteiger partial charge in [0.15, 0.2) is 0 Å². The zero-order valence-electron chi connectivity index (χ0n) is 12.7. The van der Waals surface area contributed by atoms with Gasteiger partial charge in [-0.05, 0) is 12.1 Å². The lowest BCUT2D eigenvalue weighted by Gasteiger charge is -2.33. The van der Waals surface area contributed by atoms with Gasteiger partial charge in [0, 0.05) is 32.4 Å². The third kappa shape index (κ3) is 4.32. The van der Waals surface area contributed by atoms with Gasteiger partial charge in [-0.1, -0.05) is 24.3 Å². The molecule has 1 aromatic rings. The van der Waals surface area contributed by atoms with E-state index in [1.54, 1.807) is 22.9 Å². The fourth-order valence-electron chi connectivity index (χ4n) is 2.40. The quantitative estimate of drug-likeness (QED) is 0.834. The molecule has 22 heavy (non-hydrogen) atoms. The van der Waals surface area contributed by atoms with Crippen LogP contribution in [0.2, 0.25) is 0 Å². The molecule has 1 aliphatic heterocycles. The molecule has 6 heteroatoms. The van der Waals surface area contributed by atoms with Gasteiger partial charge in [0.2, 0.25) is 11.8 Å². The molecule has 5 nitrogen and oxygen atoms in total. The smallest absolute Gasteiger partial charge is 0.240 e. The summed E-state index contributed by atoms with van der Waals surface area (Å²) in [5.74, 6) is -0.108. The number of hydrogen-bond donors (Lipinski definition) is 1. The Kier molecular flexibility index (Phi) is 7.08. The van der Waals surface area contributed by atoms with E-state index in [0.29, 0.717) is 19.6 Å². The molecule has 1 fully saturated rings. The number of para-hydroxylation sites is 1. The van der Waals surface area contributed by atoms with Crippen molar-refractivity contribution in [3.63, 3.8) is 0 Å². The minimum absolute atomic E-state index is 0. The summed E-state index contributed by atoms with van der Waals surface area (Å²) in [6.45, 7) is 5.54. The van der Waals surface area contributed by atoms with E-state index in [1.165, 1.54) is 0 Å². The minimum Gasteiger partial charge on any atom is -0.336 e. The molecule has 2 rings (SSSR count). The van der Waals surface area contributed by atoms with E-state index in [1.807, 2.05) is 30.3 Å². The fraction of sp³-hybridized carbons (Fsp3) is 0.375. The van der Waals surface area contributed by atoms with Crippen LogP contribution in [0, 0.1) is 0 Å². The Morgan fingerprint density at radius 1 is 1.45 bits per heavy atom. The van der Waals surface area contributed by atoms with Crippen LogP contribution in [0.1, 0.15) is 6.42 Å². The Bertz CT molecular complexity index is 521. The molecule has 1 atom stereocenters. The van der Waals surface area contributed by atoms with E-state index in [9.17, 15) is 9.59 Å². The van der Waals surface area contributed by atoms with Crippen LogP contribution in [0.5, 0.6) is 0 Å². The molecule has 1 aromatic carbocycles. The SMILES string of the molecule is C=CCN1CCNC(CC(=O)N(C)c2ccccc2)C1=O.Cl. The Labute approximate surface area is 137 Å². The first-order valence-corrected chi connectivity index (χ1v) is 7.08. The maximum absolute atomic E-state index is 12.3. The van der Waals surface area contributed by atoms with Gasteiger partial charge in [0.05, 0.1) is 12.5 Å². The summed E-state index contributed by atoms with van der Waals surface area (Å²) in [4.78, 5) is 27.9. The van der Waals surface area contributed by atoms with E-state index in [0.717, 1.165) is 5.69 Å². The number of nitrogens with one attached hydrogen (secondary N) is 1. The average molecular weight is 324 g/mol. The second kappa shape index (κ2) is 8.56. The van der Waals surface area contributed by atoms with Crippen molar-refractivity contribution in [3.8, 4) is 0 Å². The summed E-state index contributed by atoms with van der Waals surface area (Å²) in [7, 11) is 1.73. The number of carbonyl (C=O) groups is 2. The molecular formula is C16H22ClN3O2. The Balaban J connectivity index is 0.00000242. The van der Waals surface area contributed by atoms with Crippen LogP contribution in [0.3, 0.4) is 0 Å². The zero-order chi connectivity index (χ0) is 15.2. The maximum atomic E-state index is 12.3. The largest absolute Gasteiger partial charge is 0.336 e. The number of nitrogens with zero attached hydrogens (tertiary/aromatic N) is 2. The van der Waals surface area contributed by atoms with Gasteiger partial charge in [0.25, 0.3) is 0 Å². The molecule has 2 amide bonds. The van der Waals surface area contributed by atoms with E-state index in [2.05, 4.69) is 11.9 Å². The lowest BCUT2D eigenvalue weighted by molar-refractivity contribution is -0.137. The molecule has 0 spiro atoms. The highest BCUT2D eigenvalue weighted by Gasteiger charge is 2.30. The first kappa shape index (κ1) is 18.2. The Hall–Kier alpha value is -1.85. The van der Waals surface area contributed by atoms with Crippen LogP contribution < -0.4 is 10.2 Å². The molecule has 0 aliphatic carbocycles. The van der Waals surface area contributed by atoms with Gasteiger partial charge in [-0.3, -0.25) is 9.59 Å². The highest BCUT2D eigenvalue weighted by atomic mass is 35.5. The summed E-state index contributed by atoms with van der Waals surface area (Å²) in [6, 6.07) is 8.97. The van der Waals surface area contributed by atoms with Crippen LogP contribution in [0.25, 0.3) is 0 Å². The number of rotatable bonds is 5. The maximum Gasteiger partial charge on any atom is 0.240 e. The number of hydrogen-bond acceptors (Lipinski definition) is 3. The minimum atomic E-state index is -0.447. The number of carbonyl (C=O) groups excluding carboxylic acids is 2. The summed E-state index contributed by atoms with van der Waals surface area (Å²) < 4.78 is 0. The predicted molar refractivity (Wildman–Crippen MR) is 90.3 cm³/mol. The molecule has 0 aromatic heterocycles. The molecule has 0 radical (unpaired) electrons. The number of halogens is 1. The van der Waals surface area contributed by atoms with Gasteiger partial charge in [-0.25, -0.2) is 0 Å². The van der Waals surface area contributed by atoms with Crippen molar-refractivity contribution in [2.75, 3.05) is 31.6 Å². The molecule has 1 N–H and O–H groups in total. The van der Waals surface area contributed by atoms with Crippen molar-refractivity contribution in [1.82, 2.24) is 10.2 Å². The Morgan fingerprint density at radius 2 is 2.14 bits per heavy atom. The lowest BCUT2D eigenvalue weighted by Crippen LogP contribution is -2.56. The molecule has 1 saturated heterocycles. The van der Waals surface area contributed by atoms with Gasteiger partial charge >= 0.3 is 0 Å². The molecule has 120 valence electrons. The number of piperazine rings is 1. The van der Waals surface area contributed by atoms with Crippen molar-refractivity contribution >= 4 is 29.9 Å². The zero-order valence-corrected chi connectivity index (χ0v) is 13.5. The fourth-order valence-corrected chi connectivity index (χ4v) is 2.40. The molecule has 0 bridgehead atoms. The Morgan fingerprint density at radius 3 is 2.77 bits per heavy atom. The van der Waals surface area contributed by atoms with E-state index in [4.69, 9.17) is 0 Å². The van der Waals surface area contributed by atoms with Crippen LogP contribution in [-0.2, 0) is 9.59 Å². The second-order valence-electron chi connectivity index (χ2n) is 5.07. The molecule has 1 heterocycles. The van der Waals surface area contributed by atoms with Crippen molar-refractivity contribution in [1.29, 1.82) is 0 Å². The summed E-state index contributed by atoms with van der Waals surface area (Å²) in [6.07, 6.45) is 1.87. The van der Waals surface area contributed by atoms with Crippen LogP contribution >= 0.6 is 12.4 Å². The molecule has 0 saturated carbocycles. The highest BCUT2D eigenvalue weighted by Crippen LogP contribution is 2.14. The number of anilines is 1. The van der Waals surface area contributed by atoms with Gasteiger partial charge in [-0.2, -0.15) is 0 Å². The predicted octanol–water partition coefficient (Wildman–Crippen LogP) is 1.45. The van der Waals surface area contributed by atoms with E-state index in [-0.39, 0.29) is 30.6 Å². The van der Waals surface area contributed by atoms with Gasteiger partial charge < -0.3 is 15.1 Å². The van der Waals surface area contributed by atoms with Crippen LogP contribution in [-0.4, -0.2) is 49.4 Å². The average Bonchev–Trinajstić information content (AvgIpc) is 2.51. The number of benzene rings is 1. The van der Waals surface area contributed by atoms with Gasteiger partial charge in [-0.15, -0.1) is 19.0 Å². The van der Waals surface area contributed by atoms with E-state index >= 15 is 0 Å². The standard InChI is InChI=1S/C16H21N3O2.ClH/c1-3-10-19-11-9-17-14(16(19)21)12-15(20)18(2)13-7-5-4-6-8-13;/h3-8,14,17H,1,9-12H2,2H3;1H. The molecule has 1 aliphatic rings.